The monoisotopic (exact) mass is 524 g/mol. The number of ether oxygens (including phenoxy) is 1. The lowest BCUT2D eigenvalue weighted by molar-refractivity contribution is -0.0511. The normalized spacial score (nSPS) is 23.7. The number of aromatic hydroxyl groups is 1. The average Bonchev–Trinajstić information content (AvgIpc) is 3.48. The van der Waals surface area contributed by atoms with Crippen LogP contribution in [0, 0.1) is 0 Å². The molecule has 4 heterocycles. The van der Waals surface area contributed by atoms with Gasteiger partial charge in [-0.25, -0.2) is 9.97 Å². The first kappa shape index (κ1) is 23.5. The van der Waals surface area contributed by atoms with Gasteiger partial charge in [0.25, 0.3) is 0 Å². The Balaban J connectivity index is 1.33. The van der Waals surface area contributed by atoms with E-state index in [1.54, 1.807) is 30.0 Å². The molecule has 5 N–H and O–H groups in total. The third-order valence-electron chi connectivity index (χ3n) is 5.38. The van der Waals surface area contributed by atoms with Gasteiger partial charge < -0.3 is 30.5 Å². The molecule has 5 rings (SSSR count). The summed E-state index contributed by atoms with van der Waals surface area (Å²) in [5.41, 5.74) is 1.59. The van der Waals surface area contributed by atoms with Crippen LogP contribution in [-0.2, 0) is 4.74 Å². The molecule has 1 aliphatic heterocycles. The topological polar surface area (TPSA) is 159 Å². The highest BCUT2D eigenvalue weighted by atomic mass is 35.5. The second-order valence-corrected chi connectivity index (χ2v) is 10.5. The maximum atomic E-state index is 10.4. The lowest BCUT2D eigenvalue weighted by Gasteiger charge is -2.17. The third-order valence-corrected chi connectivity index (χ3v) is 7.97. The number of hydrogen-bond acceptors (Lipinski definition) is 12. The van der Waals surface area contributed by atoms with Gasteiger partial charge in [-0.1, -0.05) is 11.8 Å². The van der Waals surface area contributed by atoms with Crippen LogP contribution in [0.1, 0.15) is 13.2 Å². The molecule has 180 valence electrons. The molecule has 1 fully saturated rings. The van der Waals surface area contributed by atoms with Crippen molar-refractivity contribution in [2.75, 3.05) is 17.7 Å². The molecular formula is C20H21ClN6O5S2. The SMILES string of the molecule is CC(CSc1nc2ccc(O)cc2s1)Nc1nc(Cl)nc2c1ncn2[C@@H]1O[C@H](CO)C(O)C1O. The Morgan fingerprint density at radius 3 is 2.85 bits per heavy atom. The number of benzene rings is 1. The molecule has 0 spiro atoms. The molecule has 34 heavy (non-hydrogen) atoms. The number of phenolic OH excluding ortho intramolecular Hbond substituents is 1. The molecule has 0 bridgehead atoms. The summed E-state index contributed by atoms with van der Waals surface area (Å²) in [6.45, 7) is 1.55. The Labute approximate surface area is 206 Å². The molecule has 5 atom stereocenters. The van der Waals surface area contributed by atoms with Gasteiger partial charge in [0.2, 0.25) is 5.28 Å². The van der Waals surface area contributed by atoms with Gasteiger partial charge in [0.1, 0.15) is 24.1 Å². The van der Waals surface area contributed by atoms with E-state index in [9.17, 15) is 20.4 Å². The fourth-order valence-corrected chi connectivity index (χ4v) is 5.95. The standard InChI is InChI=1S/C20H21ClN6O5S2/c1-8(6-33-20-24-10-3-2-9(29)4-12(10)34-20)23-16-13-17(26-19(21)25-16)27(7-22-13)18-15(31)14(30)11(5-28)32-18/h2-4,7-8,11,14-15,18,28-31H,5-6H2,1H3,(H,23,25,26)/t8?,11-,14?,15?,18-/m1/s1. The Bertz CT molecular complexity index is 1340. The van der Waals surface area contributed by atoms with E-state index in [1.165, 1.54) is 22.2 Å². The second kappa shape index (κ2) is 9.41. The predicted molar refractivity (Wildman–Crippen MR) is 128 cm³/mol. The van der Waals surface area contributed by atoms with Crippen LogP contribution in [0.5, 0.6) is 5.75 Å². The van der Waals surface area contributed by atoms with Crippen LogP contribution in [-0.4, -0.2) is 81.6 Å². The summed E-state index contributed by atoms with van der Waals surface area (Å²) in [5.74, 6) is 1.30. The highest BCUT2D eigenvalue weighted by Crippen LogP contribution is 2.34. The van der Waals surface area contributed by atoms with Crippen molar-refractivity contribution in [2.24, 2.45) is 0 Å². The van der Waals surface area contributed by atoms with Gasteiger partial charge in [0.05, 0.1) is 23.2 Å². The average molecular weight is 525 g/mol. The number of nitrogens with zero attached hydrogens (tertiary/aromatic N) is 5. The van der Waals surface area contributed by atoms with Crippen LogP contribution in [0.25, 0.3) is 21.4 Å². The Morgan fingerprint density at radius 1 is 1.26 bits per heavy atom. The number of thioether (sulfide) groups is 1. The van der Waals surface area contributed by atoms with E-state index in [2.05, 4.69) is 25.3 Å². The summed E-state index contributed by atoms with van der Waals surface area (Å²) >= 11 is 9.25. The molecule has 0 amide bonds. The van der Waals surface area contributed by atoms with Crippen molar-refractivity contribution in [3.63, 3.8) is 0 Å². The van der Waals surface area contributed by atoms with Gasteiger partial charge in [0.15, 0.2) is 27.5 Å². The Hall–Kier alpha value is -2.26. The lowest BCUT2D eigenvalue weighted by Crippen LogP contribution is -2.33. The molecule has 1 aliphatic rings. The molecule has 0 saturated carbocycles. The van der Waals surface area contributed by atoms with Gasteiger partial charge in [-0.3, -0.25) is 4.57 Å². The summed E-state index contributed by atoms with van der Waals surface area (Å²) in [7, 11) is 0. The van der Waals surface area contributed by atoms with Gasteiger partial charge >= 0.3 is 0 Å². The fourth-order valence-electron chi connectivity index (χ4n) is 3.71. The van der Waals surface area contributed by atoms with E-state index >= 15 is 0 Å². The quantitative estimate of drug-likeness (QED) is 0.178. The van der Waals surface area contributed by atoms with Gasteiger partial charge in [0, 0.05) is 11.8 Å². The first-order valence-electron chi connectivity index (χ1n) is 10.4. The molecular weight excluding hydrogens is 504 g/mol. The van der Waals surface area contributed by atoms with Crippen molar-refractivity contribution in [1.82, 2.24) is 24.5 Å². The summed E-state index contributed by atoms with van der Waals surface area (Å²) < 4.78 is 8.86. The number of aliphatic hydroxyl groups excluding tert-OH is 3. The number of anilines is 1. The first-order chi connectivity index (χ1) is 16.3. The summed E-state index contributed by atoms with van der Waals surface area (Å²) in [5, 5.41) is 42.7. The molecule has 1 saturated heterocycles. The van der Waals surface area contributed by atoms with E-state index in [0.717, 1.165) is 14.6 Å². The zero-order valence-corrected chi connectivity index (χ0v) is 20.1. The molecule has 3 aromatic heterocycles. The van der Waals surface area contributed by atoms with Crippen LogP contribution >= 0.6 is 34.7 Å². The van der Waals surface area contributed by atoms with Crippen LogP contribution in [0.4, 0.5) is 5.82 Å². The maximum absolute atomic E-state index is 10.4. The molecule has 11 nitrogen and oxygen atoms in total. The van der Waals surface area contributed by atoms with E-state index in [1.807, 2.05) is 6.92 Å². The number of aliphatic hydroxyl groups is 3. The summed E-state index contributed by atoms with van der Waals surface area (Å²) in [4.78, 5) is 17.4. The number of imidazole rings is 1. The van der Waals surface area contributed by atoms with Crippen LogP contribution in [0.15, 0.2) is 28.9 Å². The maximum Gasteiger partial charge on any atom is 0.226 e. The molecule has 1 aromatic carbocycles. The van der Waals surface area contributed by atoms with Crippen LogP contribution in [0.2, 0.25) is 5.28 Å². The van der Waals surface area contributed by atoms with E-state index in [0.29, 0.717) is 22.7 Å². The second-order valence-electron chi connectivity index (χ2n) is 7.88. The van der Waals surface area contributed by atoms with Crippen molar-refractivity contribution < 1.29 is 25.2 Å². The van der Waals surface area contributed by atoms with Gasteiger partial charge in [-0.05, 0) is 36.7 Å². The molecule has 4 aromatic rings. The van der Waals surface area contributed by atoms with Crippen molar-refractivity contribution in [3.8, 4) is 5.75 Å². The largest absolute Gasteiger partial charge is 0.508 e. The van der Waals surface area contributed by atoms with Crippen molar-refractivity contribution in [3.05, 3.63) is 29.8 Å². The summed E-state index contributed by atoms with van der Waals surface area (Å²) in [6.07, 6.45) is -2.99. The first-order valence-corrected chi connectivity index (χ1v) is 12.5. The highest BCUT2D eigenvalue weighted by Gasteiger charge is 2.44. The smallest absolute Gasteiger partial charge is 0.226 e. The predicted octanol–water partition coefficient (Wildman–Crippen LogP) is 2.00. The fraction of sp³-hybridized carbons (Fsp3) is 0.400. The Morgan fingerprint density at radius 2 is 2.09 bits per heavy atom. The van der Waals surface area contributed by atoms with Gasteiger partial charge in [-0.2, -0.15) is 9.97 Å². The molecule has 3 unspecified atom stereocenters. The molecule has 0 radical (unpaired) electrons. The Kier molecular flexibility index (Phi) is 6.50. The number of phenols is 1. The van der Waals surface area contributed by atoms with E-state index < -0.39 is 31.1 Å². The van der Waals surface area contributed by atoms with E-state index in [-0.39, 0.29) is 17.1 Å². The summed E-state index contributed by atoms with van der Waals surface area (Å²) in [6, 6.07) is 5.06. The third kappa shape index (κ3) is 4.40. The van der Waals surface area contributed by atoms with Crippen molar-refractivity contribution in [2.45, 2.75) is 41.8 Å². The number of aromatic nitrogens is 5. The van der Waals surface area contributed by atoms with Crippen LogP contribution < -0.4 is 5.32 Å². The number of halogens is 1. The number of nitrogens with one attached hydrogen (secondary N) is 1. The number of fused-ring (bicyclic) bond motifs is 2. The van der Waals surface area contributed by atoms with Crippen molar-refractivity contribution >= 4 is 61.9 Å². The zero-order valence-electron chi connectivity index (χ0n) is 17.7. The van der Waals surface area contributed by atoms with Crippen molar-refractivity contribution in [1.29, 1.82) is 0 Å². The van der Waals surface area contributed by atoms with Crippen LogP contribution in [0.3, 0.4) is 0 Å². The minimum absolute atomic E-state index is 0.0191. The van der Waals surface area contributed by atoms with Gasteiger partial charge in [-0.15, -0.1) is 11.3 Å². The molecule has 0 aliphatic carbocycles. The lowest BCUT2D eigenvalue weighted by atomic mass is 10.1. The number of thiazole rings is 1. The highest BCUT2D eigenvalue weighted by molar-refractivity contribution is 8.01. The number of rotatable bonds is 7. The minimum atomic E-state index is -1.27. The molecule has 14 heteroatoms. The minimum Gasteiger partial charge on any atom is -0.508 e. The van der Waals surface area contributed by atoms with E-state index in [4.69, 9.17) is 16.3 Å². The zero-order chi connectivity index (χ0) is 24.0. The number of hydrogen-bond donors (Lipinski definition) is 5.